The Bertz CT molecular complexity index is 1470. The van der Waals surface area contributed by atoms with E-state index in [1.807, 2.05) is 24.3 Å². The molecule has 2 N–H and O–H groups in total. The molecule has 8 rings (SSSR count). The van der Waals surface area contributed by atoms with Crippen molar-refractivity contribution in [3.63, 3.8) is 0 Å². The number of phenols is 1. The molecule has 3 aromatic rings. The topological polar surface area (TPSA) is 86.1 Å². The quantitative estimate of drug-likeness (QED) is 0.558. The molecular weight excluding hydrogens is 418 g/mol. The number of carbonyl (C=O) groups is 1. The highest BCUT2D eigenvalue weighted by Gasteiger charge is 2.72. The number of likely N-dealkylation sites (N-methyl/N-ethyl adjacent to an activating group) is 1. The number of nitrogens with zero attached hydrogens (tertiary/aromatic N) is 3. The van der Waals surface area contributed by atoms with Crippen LogP contribution in [0.25, 0.3) is 10.9 Å². The molecule has 4 atom stereocenters. The lowest BCUT2D eigenvalue weighted by molar-refractivity contribution is -0.167. The van der Waals surface area contributed by atoms with Crippen molar-refractivity contribution >= 4 is 22.5 Å². The van der Waals surface area contributed by atoms with E-state index in [0.29, 0.717) is 30.6 Å². The van der Waals surface area contributed by atoms with Gasteiger partial charge in [-0.2, -0.15) is 0 Å². The van der Waals surface area contributed by atoms with Gasteiger partial charge in [0.15, 0.2) is 17.6 Å². The first-order chi connectivity index (χ1) is 15.9. The molecule has 2 aromatic carbocycles. The van der Waals surface area contributed by atoms with Gasteiger partial charge in [-0.1, -0.05) is 12.1 Å². The first kappa shape index (κ1) is 18.3. The maximum Gasteiger partial charge on any atom is 0.258 e. The number of fused-ring (bicyclic) bond motifs is 3. The van der Waals surface area contributed by atoms with E-state index in [-0.39, 0.29) is 17.7 Å². The lowest BCUT2D eigenvalue weighted by Gasteiger charge is -2.62. The maximum absolute atomic E-state index is 13.1. The predicted octanol–water partition coefficient (Wildman–Crippen LogP) is 2.45. The van der Waals surface area contributed by atoms with Crippen LogP contribution in [-0.2, 0) is 18.3 Å². The van der Waals surface area contributed by atoms with Crippen LogP contribution >= 0.6 is 0 Å². The molecule has 166 valence electrons. The van der Waals surface area contributed by atoms with Gasteiger partial charge < -0.3 is 24.7 Å². The second kappa shape index (κ2) is 5.32. The molecule has 2 bridgehead atoms. The standard InChI is InChI=1S/C26H23N3O4/c1-28-9-8-25-19-12-6-7-16(30)22(19)33-23(25)20-14(11-26(25,32)17(28)10-12)21-18-13(24(31)29(21)2)4-3-5-15(18)27-20/h3-7,17,23,30,32H,8-11H2,1-2H3/t17-,23-,25-,26+/m0/s1. The van der Waals surface area contributed by atoms with E-state index >= 15 is 0 Å². The number of piperidine rings is 1. The fraction of sp³-hybridized carbons (Fsp3) is 0.385. The summed E-state index contributed by atoms with van der Waals surface area (Å²) in [5.41, 5.74) is 4.26. The third kappa shape index (κ3) is 1.72. The number of ether oxygens (including phenoxy) is 1. The molecule has 2 aliphatic carbocycles. The molecule has 3 aliphatic heterocycles. The Kier molecular flexibility index (Phi) is 2.95. The van der Waals surface area contributed by atoms with Gasteiger partial charge in [0, 0.05) is 36.0 Å². The Morgan fingerprint density at radius 2 is 2.06 bits per heavy atom. The number of carbonyl (C=O) groups excluding carboxylic acids is 1. The minimum atomic E-state index is -1.10. The lowest BCUT2D eigenvalue weighted by Crippen LogP contribution is -2.74. The van der Waals surface area contributed by atoms with Gasteiger partial charge in [0.25, 0.3) is 5.91 Å². The van der Waals surface area contributed by atoms with E-state index in [4.69, 9.17) is 9.72 Å². The normalized spacial score (nSPS) is 32.7. The summed E-state index contributed by atoms with van der Waals surface area (Å²) in [6.45, 7) is 0.833. The minimum Gasteiger partial charge on any atom is -0.504 e. The molecule has 1 saturated heterocycles. The average molecular weight is 441 g/mol. The number of aromatic nitrogens is 1. The van der Waals surface area contributed by atoms with E-state index < -0.39 is 17.1 Å². The van der Waals surface area contributed by atoms with Crippen LogP contribution in [0.3, 0.4) is 0 Å². The number of amides is 1. The van der Waals surface area contributed by atoms with E-state index in [2.05, 4.69) is 11.9 Å². The van der Waals surface area contributed by atoms with Crippen LogP contribution < -0.4 is 9.64 Å². The lowest BCUT2D eigenvalue weighted by atomic mass is 9.49. The van der Waals surface area contributed by atoms with Crippen LogP contribution in [0.5, 0.6) is 11.5 Å². The summed E-state index contributed by atoms with van der Waals surface area (Å²) in [5, 5.41) is 24.3. The third-order valence-electron chi connectivity index (χ3n) is 9.16. The molecule has 0 saturated carbocycles. The molecule has 0 radical (unpaired) electrons. The van der Waals surface area contributed by atoms with Crippen molar-refractivity contribution in [2.45, 2.75) is 42.4 Å². The van der Waals surface area contributed by atoms with Crippen LogP contribution in [-0.4, -0.2) is 58.3 Å². The molecule has 0 unspecified atom stereocenters. The van der Waals surface area contributed by atoms with E-state index in [1.54, 1.807) is 18.0 Å². The van der Waals surface area contributed by atoms with Gasteiger partial charge in [-0.3, -0.25) is 4.79 Å². The molecule has 1 amide bonds. The van der Waals surface area contributed by atoms with E-state index in [0.717, 1.165) is 45.5 Å². The van der Waals surface area contributed by atoms with E-state index in [9.17, 15) is 15.0 Å². The first-order valence-corrected chi connectivity index (χ1v) is 11.5. The predicted molar refractivity (Wildman–Crippen MR) is 121 cm³/mol. The summed E-state index contributed by atoms with van der Waals surface area (Å²) in [5.74, 6) is 0.552. The van der Waals surface area contributed by atoms with Crippen molar-refractivity contribution in [1.82, 2.24) is 9.88 Å². The van der Waals surface area contributed by atoms with Gasteiger partial charge in [0.1, 0.15) is 0 Å². The van der Waals surface area contributed by atoms with Gasteiger partial charge in [0.2, 0.25) is 0 Å². The highest BCUT2D eigenvalue weighted by molar-refractivity contribution is 6.25. The van der Waals surface area contributed by atoms with Crippen molar-refractivity contribution in [3.05, 3.63) is 58.3 Å². The highest BCUT2D eigenvalue weighted by Crippen LogP contribution is 2.69. The zero-order valence-electron chi connectivity index (χ0n) is 18.4. The van der Waals surface area contributed by atoms with Crippen molar-refractivity contribution in [2.75, 3.05) is 25.5 Å². The summed E-state index contributed by atoms with van der Waals surface area (Å²) >= 11 is 0. The minimum absolute atomic E-state index is 0.0467. The van der Waals surface area contributed by atoms with Crippen LogP contribution in [0.4, 0.5) is 5.69 Å². The molecule has 33 heavy (non-hydrogen) atoms. The average Bonchev–Trinajstić information content (AvgIpc) is 3.28. The Balaban J connectivity index is 1.51. The zero-order valence-corrected chi connectivity index (χ0v) is 18.4. The molecule has 1 aromatic heterocycles. The summed E-state index contributed by atoms with van der Waals surface area (Å²) in [7, 11) is 3.88. The third-order valence-corrected chi connectivity index (χ3v) is 9.16. The summed E-state index contributed by atoms with van der Waals surface area (Å²) in [4.78, 5) is 22.1. The second-order valence-corrected chi connectivity index (χ2v) is 10.4. The smallest absolute Gasteiger partial charge is 0.258 e. The fourth-order valence-corrected chi connectivity index (χ4v) is 7.77. The van der Waals surface area contributed by atoms with Gasteiger partial charge in [-0.25, -0.2) is 4.98 Å². The number of hydrogen-bond donors (Lipinski definition) is 2. The van der Waals surface area contributed by atoms with E-state index in [1.165, 1.54) is 0 Å². The molecular formula is C26H23N3O4. The van der Waals surface area contributed by atoms with Crippen LogP contribution in [0, 0.1) is 0 Å². The molecule has 5 aliphatic rings. The molecule has 1 spiro atoms. The van der Waals surface area contributed by atoms with Crippen LogP contribution in [0.15, 0.2) is 30.3 Å². The second-order valence-electron chi connectivity index (χ2n) is 10.4. The number of aliphatic hydroxyl groups is 1. The van der Waals surface area contributed by atoms with Crippen molar-refractivity contribution in [2.24, 2.45) is 0 Å². The number of hydrogen-bond acceptors (Lipinski definition) is 6. The number of phenolic OH excluding ortho intramolecular Hbond substituents is 1. The van der Waals surface area contributed by atoms with Gasteiger partial charge >= 0.3 is 0 Å². The number of pyridine rings is 1. The number of anilines is 1. The summed E-state index contributed by atoms with van der Waals surface area (Å²) < 4.78 is 6.57. The van der Waals surface area contributed by atoms with Crippen molar-refractivity contribution < 1.29 is 19.7 Å². The Labute approximate surface area is 190 Å². The summed E-state index contributed by atoms with van der Waals surface area (Å²) in [6.07, 6.45) is 1.29. The molecule has 7 nitrogen and oxygen atoms in total. The van der Waals surface area contributed by atoms with Gasteiger partial charge in [0.05, 0.1) is 33.5 Å². The number of likely N-dealkylation sites (tertiary alicyclic amines) is 1. The Hall–Kier alpha value is -3.16. The maximum atomic E-state index is 13.1. The summed E-state index contributed by atoms with van der Waals surface area (Å²) in [6, 6.07) is 9.26. The fourth-order valence-electron chi connectivity index (χ4n) is 7.77. The van der Waals surface area contributed by atoms with Gasteiger partial charge in [-0.15, -0.1) is 0 Å². The first-order valence-electron chi connectivity index (χ1n) is 11.5. The van der Waals surface area contributed by atoms with Crippen molar-refractivity contribution in [3.8, 4) is 11.5 Å². The monoisotopic (exact) mass is 441 g/mol. The van der Waals surface area contributed by atoms with Crippen molar-refractivity contribution in [1.29, 1.82) is 0 Å². The Morgan fingerprint density at radius 1 is 1.21 bits per heavy atom. The highest BCUT2D eigenvalue weighted by atomic mass is 16.5. The molecule has 4 heterocycles. The zero-order chi connectivity index (χ0) is 22.4. The molecule has 7 heteroatoms. The SMILES string of the molecule is CN1C(=O)c2cccc3nc4c(c1c23)C[C@@]1(O)[C@@H]2Cc3ccc(O)c5c3[C@@]1(CCN2C)[C@H]4O5. The molecule has 1 fully saturated rings. The van der Waals surface area contributed by atoms with Crippen LogP contribution in [0.1, 0.15) is 45.3 Å². The van der Waals surface area contributed by atoms with Crippen LogP contribution in [0.2, 0.25) is 0 Å². The Morgan fingerprint density at radius 3 is 2.91 bits per heavy atom. The number of rotatable bonds is 0. The van der Waals surface area contributed by atoms with Gasteiger partial charge in [-0.05, 0) is 50.2 Å². The number of aromatic hydroxyl groups is 1. The largest absolute Gasteiger partial charge is 0.504 e. The number of benzene rings is 2.